The molecule has 3 atom stereocenters. The van der Waals surface area contributed by atoms with E-state index in [9.17, 15) is 0 Å². The van der Waals surface area contributed by atoms with Crippen molar-refractivity contribution in [2.75, 3.05) is 20.3 Å². The Labute approximate surface area is 79.6 Å². The molecule has 0 saturated carbocycles. The van der Waals surface area contributed by atoms with Gasteiger partial charge in [0.2, 0.25) is 0 Å². The van der Waals surface area contributed by atoms with Gasteiger partial charge in [-0.15, -0.1) is 0 Å². The predicted octanol–water partition coefficient (Wildman–Crippen LogP) is 1.59. The molecule has 1 fully saturated rings. The van der Waals surface area contributed by atoms with E-state index >= 15 is 0 Å². The molecular weight excluding hydrogens is 166 g/mol. The van der Waals surface area contributed by atoms with Crippen LogP contribution in [0.1, 0.15) is 19.8 Å². The van der Waals surface area contributed by atoms with Crippen molar-refractivity contribution in [1.82, 2.24) is 0 Å². The van der Waals surface area contributed by atoms with Crippen molar-refractivity contribution >= 4 is 0 Å². The number of nitrogens with zero attached hydrogens (tertiary/aromatic N) is 1. The van der Waals surface area contributed by atoms with E-state index in [2.05, 4.69) is 13.0 Å². The molecule has 0 aliphatic carbocycles. The molecule has 0 N–H and O–H groups in total. The van der Waals surface area contributed by atoms with Crippen LogP contribution < -0.4 is 0 Å². The van der Waals surface area contributed by atoms with Gasteiger partial charge in [-0.1, -0.05) is 6.92 Å². The zero-order chi connectivity index (χ0) is 9.68. The Morgan fingerprint density at radius 3 is 3.08 bits per heavy atom. The van der Waals surface area contributed by atoms with Crippen molar-refractivity contribution in [2.45, 2.75) is 25.9 Å². The van der Waals surface area contributed by atoms with Crippen molar-refractivity contribution < 1.29 is 9.47 Å². The Bertz CT molecular complexity index is 188. The first-order valence-electron chi connectivity index (χ1n) is 4.79. The quantitative estimate of drug-likeness (QED) is 0.667. The van der Waals surface area contributed by atoms with E-state index in [-0.39, 0.29) is 12.0 Å². The van der Waals surface area contributed by atoms with Crippen LogP contribution in [0.25, 0.3) is 0 Å². The van der Waals surface area contributed by atoms with E-state index < -0.39 is 0 Å². The summed E-state index contributed by atoms with van der Waals surface area (Å²) in [4.78, 5) is 0. The molecule has 0 bridgehead atoms. The maximum absolute atomic E-state index is 8.91. The molecule has 3 nitrogen and oxygen atoms in total. The van der Waals surface area contributed by atoms with E-state index in [1.165, 1.54) is 0 Å². The lowest BCUT2D eigenvalue weighted by Gasteiger charge is -2.31. The van der Waals surface area contributed by atoms with E-state index in [0.29, 0.717) is 12.5 Å². The molecule has 1 aliphatic rings. The largest absolute Gasteiger partial charge is 0.384 e. The topological polar surface area (TPSA) is 42.2 Å². The van der Waals surface area contributed by atoms with E-state index in [4.69, 9.17) is 14.7 Å². The van der Waals surface area contributed by atoms with Gasteiger partial charge in [-0.2, -0.15) is 5.26 Å². The standard InChI is InChI=1S/C10H17NO2/c1-8(7-12-2)10-9(6-11)4-3-5-13-10/h8-10H,3-5,7H2,1-2H3. The molecule has 1 saturated heterocycles. The summed E-state index contributed by atoms with van der Waals surface area (Å²) >= 11 is 0. The van der Waals surface area contributed by atoms with Crippen LogP contribution in [0.2, 0.25) is 0 Å². The molecule has 0 radical (unpaired) electrons. The third-order valence-electron chi connectivity index (χ3n) is 2.52. The summed E-state index contributed by atoms with van der Waals surface area (Å²) in [7, 11) is 1.68. The Morgan fingerprint density at radius 1 is 1.69 bits per heavy atom. The molecule has 74 valence electrons. The Balaban J connectivity index is 2.49. The average Bonchev–Trinajstić information content (AvgIpc) is 2.18. The second kappa shape index (κ2) is 5.21. The summed E-state index contributed by atoms with van der Waals surface area (Å²) in [6.07, 6.45) is 2.04. The highest BCUT2D eigenvalue weighted by atomic mass is 16.5. The van der Waals surface area contributed by atoms with Gasteiger partial charge in [0.05, 0.1) is 24.7 Å². The third-order valence-corrected chi connectivity index (χ3v) is 2.52. The summed E-state index contributed by atoms with van der Waals surface area (Å²) in [5.41, 5.74) is 0. The predicted molar refractivity (Wildman–Crippen MR) is 49.1 cm³/mol. The number of ether oxygens (including phenoxy) is 2. The van der Waals surface area contributed by atoms with E-state index in [0.717, 1.165) is 19.4 Å². The minimum atomic E-state index is 0.0545. The monoisotopic (exact) mass is 183 g/mol. The van der Waals surface area contributed by atoms with Gasteiger partial charge in [-0.05, 0) is 12.8 Å². The highest BCUT2D eigenvalue weighted by Crippen LogP contribution is 2.25. The molecule has 0 aromatic heterocycles. The van der Waals surface area contributed by atoms with Gasteiger partial charge in [0.15, 0.2) is 0 Å². The van der Waals surface area contributed by atoms with E-state index in [1.807, 2.05) is 0 Å². The molecule has 0 amide bonds. The van der Waals surface area contributed by atoms with Crippen LogP contribution in [-0.4, -0.2) is 26.4 Å². The van der Waals surface area contributed by atoms with Crippen molar-refractivity contribution in [3.8, 4) is 6.07 Å². The first-order chi connectivity index (χ1) is 6.29. The molecule has 13 heavy (non-hydrogen) atoms. The number of rotatable bonds is 3. The summed E-state index contributed by atoms with van der Waals surface area (Å²) in [6, 6.07) is 2.31. The molecule has 3 heteroatoms. The number of methoxy groups -OCH3 is 1. The molecule has 3 unspecified atom stereocenters. The van der Waals surface area contributed by atoms with Crippen molar-refractivity contribution in [2.24, 2.45) is 11.8 Å². The summed E-state index contributed by atoms with van der Waals surface area (Å²) in [5, 5.41) is 8.91. The second-order valence-electron chi connectivity index (χ2n) is 3.65. The van der Waals surface area contributed by atoms with Crippen LogP contribution in [0.3, 0.4) is 0 Å². The fraction of sp³-hybridized carbons (Fsp3) is 0.900. The normalized spacial score (nSPS) is 30.8. The minimum Gasteiger partial charge on any atom is -0.384 e. The van der Waals surface area contributed by atoms with Crippen LogP contribution >= 0.6 is 0 Å². The maximum Gasteiger partial charge on any atom is 0.0780 e. The van der Waals surface area contributed by atoms with Gasteiger partial charge in [0, 0.05) is 19.6 Å². The first kappa shape index (κ1) is 10.5. The van der Waals surface area contributed by atoms with Gasteiger partial charge >= 0.3 is 0 Å². The smallest absolute Gasteiger partial charge is 0.0780 e. The van der Waals surface area contributed by atoms with Crippen molar-refractivity contribution in [3.05, 3.63) is 0 Å². The second-order valence-corrected chi connectivity index (χ2v) is 3.65. The number of nitriles is 1. The maximum atomic E-state index is 8.91. The summed E-state index contributed by atoms with van der Waals surface area (Å²) in [5.74, 6) is 0.369. The van der Waals surface area contributed by atoms with Crippen LogP contribution in [0.5, 0.6) is 0 Å². The molecular formula is C10H17NO2. The summed E-state index contributed by atoms with van der Waals surface area (Å²) in [6.45, 7) is 3.53. The van der Waals surface area contributed by atoms with Gasteiger partial charge in [-0.3, -0.25) is 0 Å². The zero-order valence-corrected chi connectivity index (χ0v) is 8.32. The summed E-state index contributed by atoms with van der Waals surface area (Å²) < 4.78 is 10.7. The van der Waals surface area contributed by atoms with Gasteiger partial charge in [0.25, 0.3) is 0 Å². The lowest BCUT2D eigenvalue weighted by Crippen LogP contribution is -2.36. The lowest BCUT2D eigenvalue weighted by atomic mass is 9.88. The minimum absolute atomic E-state index is 0.0545. The Kier molecular flexibility index (Phi) is 4.20. The van der Waals surface area contributed by atoms with E-state index in [1.54, 1.807) is 7.11 Å². The number of hydrogen-bond donors (Lipinski definition) is 0. The van der Waals surface area contributed by atoms with Crippen molar-refractivity contribution in [1.29, 1.82) is 5.26 Å². The van der Waals surface area contributed by atoms with Crippen LogP contribution in [-0.2, 0) is 9.47 Å². The molecule has 1 rings (SSSR count). The highest BCUT2D eigenvalue weighted by molar-refractivity contribution is 4.92. The molecule has 0 spiro atoms. The molecule has 0 aromatic rings. The van der Waals surface area contributed by atoms with Gasteiger partial charge < -0.3 is 9.47 Å². The lowest BCUT2D eigenvalue weighted by molar-refractivity contribution is -0.0563. The molecule has 0 aromatic carbocycles. The van der Waals surface area contributed by atoms with Crippen LogP contribution in [0, 0.1) is 23.2 Å². The van der Waals surface area contributed by atoms with Crippen molar-refractivity contribution in [3.63, 3.8) is 0 Å². The Morgan fingerprint density at radius 2 is 2.46 bits per heavy atom. The number of hydrogen-bond acceptors (Lipinski definition) is 3. The third kappa shape index (κ3) is 2.68. The van der Waals surface area contributed by atoms with Gasteiger partial charge in [0.1, 0.15) is 0 Å². The average molecular weight is 183 g/mol. The fourth-order valence-corrected chi connectivity index (χ4v) is 1.86. The van der Waals surface area contributed by atoms with Gasteiger partial charge in [-0.25, -0.2) is 0 Å². The Hall–Kier alpha value is -0.590. The SMILES string of the molecule is COCC(C)C1OCCCC1C#N. The molecule has 1 aliphatic heterocycles. The van der Waals surface area contributed by atoms with Crippen LogP contribution in [0.4, 0.5) is 0 Å². The first-order valence-corrected chi connectivity index (χ1v) is 4.79. The highest BCUT2D eigenvalue weighted by Gasteiger charge is 2.30. The zero-order valence-electron chi connectivity index (χ0n) is 8.32. The fourth-order valence-electron chi connectivity index (χ4n) is 1.86. The molecule has 1 heterocycles. The van der Waals surface area contributed by atoms with Crippen LogP contribution in [0.15, 0.2) is 0 Å².